The summed E-state index contributed by atoms with van der Waals surface area (Å²) in [6.07, 6.45) is 1.87. The van der Waals surface area contributed by atoms with Gasteiger partial charge in [-0.05, 0) is 27.1 Å². The van der Waals surface area contributed by atoms with Gasteiger partial charge in [-0.2, -0.15) is 0 Å². The number of carboxylic acids is 1. The number of rotatable bonds is 5. The van der Waals surface area contributed by atoms with E-state index in [4.69, 9.17) is 5.11 Å². The molecule has 14 heavy (non-hydrogen) atoms. The summed E-state index contributed by atoms with van der Waals surface area (Å²) >= 11 is 1.42. The highest BCUT2D eigenvalue weighted by molar-refractivity contribution is 7.09. The Morgan fingerprint density at radius 2 is 2.36 bits per heavy atom. The van der Waals surface area contributed by atoms with Crippen LogP contribution in [0.5, 0.6) is 0 Å². The average Bonchev–Trinajstić information content (AvgIpc) is 2.52. The van der Waals surface area contributed by atoms with E-state index in [1.807, 2.05) is 14.1 Å². The van der Waals surface area contributed by atoms with E-state index in [9.17, 15) is 4.79 Å². The van der Waals surface area contributed by atoms with Gasteiger partial charge in [-0.3, -0.25) is 0 Å². The number of aryl methyl sites for hydroxylation is 1. The topological polar surface area (TPSA) is 53.4 Å². The van der Waals surface area contributed by atoms with Gasteiger partial charge in [0.25, 0.3) is 0 Å². The molecular weight excluding hydrogens is 200 g/mol. The van der Waals surface area contributed by atoms with Crippen LogP contribution in [-0.2, 0) is 6.42 Å². The Bertz CT molecular complexity index is 310. The lowest BCUT2D eigenvalue weighted by molar-refractivity contribution is 0.0691. The zero-order valence-corrected chi connectivity index (χ0v) is 9.17. The van der Waals surface area contributed by atoms with Crippen LogP contribution >= 0.6 is 11.3 Å². The number of carbonyl (C=O) groups is 1. The lowest BCUT2D eigenvalue weighted by Gasteiger charge is -2.07. The summed E-state index contributed by atoms with van der Waals surface area (Å²) in [5.74, 6) is -0.944. The number of hydrogen-bond donors (Lipinski definition) is 1. The van der Waals surface area contributed by atoms with Crippen molar-refractivity contribution in [3.63, 3.8) is 0 Å². The monoisotopic (exact) mass is 214 g/mol. The van der Waals surface area contributed by atoms with Gasteiger partial charge in [0.05, 0.1) is 5.01 Å². The Kier molecular flexibility index (Phi) is 4.03. The molecule has 0 bridgehead atoms. The molecule has 0 spiro atoms. The van der Waals surface area contributed by atoms with Crippen LogP contribution in [0.3, 0.4) is 0 Å². The molecular formula is C9H14N2O2S. The summed E-state index contributed by atoms with van der Waals surface area (Å²) in [4.78, 5) is 16.6. The molecule has 0 saturated carbocycles. The molecule has 0 aromatic carbocycles. The SMILES string of the molecule is CN(C)CCCc1nc(C(=O)O)cs1. The third-order valence-corrected chi connectivity index (χ3v) is 2.68. The van der Waals surface area contributed by atoms with Gasteiger partial charge in [0, 0.05) is 11.8 Å². The summed E-state index contributed by atoms with van der Waals surface area (Å²) in [5.41, 5.74) is 0.162. The molecule has 0 atom stereocenters. The first-order chi connectivity index (χ1) is 6.59. The van der Waals surface area contributed by atoms with Crippen molar-refractivity contribution in [2.45, 2.75) is 12.8 Å². The van der Waals surface area contributed by atoms with Crippen LogP contribution in [0.4, 0.5) is 0 Å². The van der Waals surface area contributed by atoms with E-state index >= 15 is 0 Å². The van der Waals surface area contributed by atoms with Crippen LogP contribution in [0, 0.1) is 0 Å². The first-order valence-corrected chi connectivity index (χ1v) is 5.30. The van der Waals surface area contributed by atoms with Gasteiger partial charge in [-0.15, -0.1) is 11.3 Å². The third-order valence-electron chi connectivity index (χ3n) is 1.77. The van der Waals surface area contributed by atoms with E-state index in [2.05, 4.69) is 9.88 Å². The number of aromatic carboxylic acids is 1. The maximum atomic E-state index is 10.5. The summed E-state index contributed by atoms with van der Waals surface area (Å²) in [5, 5.41) is 11.1. The van der Waals surface area contributed by atoms with E-state index < -0.39 is 5.97 Å². The summed E-state index contributed by atoms with van der Waals surface area (Å²) in [7, 11) is 4.04. The second-order valence-electron chi connectivity index (χ2n) is 3.34. The molecule has 0 saturated heterocycles. The van der Waals surface area contributed by atoms with Crippen LogP contribution in [-0.4, -0.2) is 41.6 Å². The van der Waals surface area contributed by atoms with Crippen molar-refractivity contribution in [1.29, 1.82) is 0 Å². The first kappa shape index (κ1) is 11.1. The Balaban J connectivity index is 2.40. The summed E-state index contributed by atoms with van der Waals surface area (Å²) in [6, 6.07) is 0. The van der Waals surface area contributed by atoms with Gasteiger partial charge in [0.1, 0.15) is 0 Å². The predicted octanol–water partition coefficient (Wildman–Crippen LogP) is 1.34. The van der Waals surface area contributed by atoms with Crippen molar-refractivity contribution in [3.8, 4) is 0 Å². The fourth-order valence-corrected chi connectivity index (χ4v) is 1.88. The van der Waals surface area contributed by atoms with E-state index in [1.165, 1.54) is 11.3 Å². The largest absolute Gasteiger partial charge is 0.476 e. The van der Waals surface area contributed by atoms with Crippen molar-refractivity contribution < 1.29 is 9.90 Å². The normalized spacial score (nSPS) is 10.8. The smallest absolute Gasteiger partial charge is 0.355 e. The standard InChI is InChI=1S/C9H14N2O2S/c1-11(2)5-3-4-8-10-7(6-14-8)9(12)13/h6H,3-5H2,1-2H3,(H,12,13). The number of aromatic nitrogens is 1. The minimum Gasteiger partial charge on any atom is -0.476 e. The third kappa shape index (κ3) is 3.43. The second kappa shape index (κ2) is 5.07. The van der Waals surface area contributed by atoms with Gasteiger partial charge in [-0.1, -0.05) is 0 Å². The quantitative estimate of drug-likeness (QED) is 0.803. The highest BCUT2D eigenvalue weighted by atomic mass is 32.1. The zero-order chi connectivity index (χ0) is 10.6. The number of nitrogens with zero attached hydrogens (tertiary/aromatic N) is 2. The van der Waals surface area contributed by atoms with E-state index in [-0.39, 0.29) is 5.69 Å². The molecule has 0 unspecified atom stereocenters. The van der Waals surface area contributed by atoms with Gasteiger partial charge in [-0.25, -0.2) is 9.78 Å². The maximum absolute atomic E-state index is 10.5. The molecule has 78 valence electrons. The Morgan fingerprint density at radius 3 is 2.86 bits per heavy atom. The highest BCUT2D eigenvalue weighted by Crippen LogP contribution is 2.11. The summed E-state index contributed by atoms with van der Waals surface area (Å²) < 4.78 is 0. The fraction of sp³-hybridized carbons (Fsp3) is 0.556. The van der Waals surface area contributed by atoms with Crippen LogP contribution in [0.15, 0.2) is 5.38 Å². The van der Waals surface area contributed by atoms with Gasteiger partial charge < -0.3 is 10.0 Å². The Labute approximate surface area is 87.2 Å². The summed E-state index contributed by atoms with van der Waals surface area (Å²) in [6.45, 7) is 1.00. The van der Waals surface area contributed by atoms with Crippen molar-refractivity contribution in [2.75, 3.05) is 20.6 Å². The van der Waals surface area contributed by atoms with Gasteiger partial charge in [0.15, 0.2) is 5.69 Å². The minimum atomic E-state index is -0.944. The van der Waals surface area contributed by atoms with E-state index in [1.54, 1.807) is 5.38 Å². The van der Waals surface area contributed by atoms with Crippen molar-refractivity contribution in [2.24, 2.45) is 0 Å². The van der Waals surface area contributed by atoms with Crippen LogP contribution in [0.1, 0.15) is 21.9 Å². The lowest BCUT2D eigenvalue weighted by Crippen LogP contribution is -2.13. The molecule has 1 heterocycles. The molecule has 0 aliphatic rings. The maximum Gasteiger partial charge on any atom is 0.355 e. The van der Waals surface area contributed by atoms with Crippen molar-refractivity contribution >= 4 is 17.3 Å². The fourth-order valence-electron chi connectivity index (χ4n) is 1.07. The average molecular weight is 214 g/mol. The first-order valence-electron chi connectivity index (χ1n) is 4.42. The van der Waals surface area contributed by atoms with Crippen LogP contribution in [0.2, 0.25) is 0 Å². The predicted molar refractivity (Wildman–Crippen MR) is 55.9 cm³/mol. The highest BCUT2D eigenvalue weighted by Gasteiger charge is 2.07. The molecule has 1 aromatic heterocycles. The molecule has 0 aliphatic carbocycles. The number of thiazole rings is 1. The Morgan fingerprint density at radius 1 is 1.64 bits per heavy atom. The molecule has 0 radical (unpaired) electrons. The Hall–Kier alpha value is -0.940. The molecule has 0 fully saturated rings. The number of carboxylic acid groups (broad SMARTS) is 1. The molecule has 5 heteroatoms. The van der Waals surface area contributed by atoms with E-state index in [0.29, 0.717) is 0 Å². The molecule has 1 N–H and O–H groups in total. The van der Waals surface area contributed by atoms with Crippen molar-refractivity contribution in [3.05, 3.63) is 16.1 Å². The molecule has 1 aromatic rings. The lowest BCUT2D eigenvalue weighted by atomic mass is 10.3. The van der Waals surface area contributed by atoms with Crippen LogP contribution < -0.4 is 0 Å². The molecule has 0 amide bonds. The van der Waals surface area contributed by atoms with Crippen LogP contribution in [0.25, 0.3) is 0 Å². The minimum absolute atomic E-state index is 0.162. The molecule has 1 rings (SSSR count). The van der Waals surface area contributed by atoms with Gasteiger partial charge >= 0.3 is 5.97 Å². The molecule has 0 aliphatic heterocycles. The van der Waals surface area contributed by atoms with Crippen molar-refractivity contribution in [1.82, 2.24) is 9.88 Å². The zero-order valence-electron chi connectivity index (χ0n) is 8.36. The molecule has 4 nitrogen and oxygen atoms in total. The number of hydrogen-bond acceptors (Lipinski definition) is 4. The second-order valence-corrected chi connectivity index (χ2v) is 4.28. The van der Waals surface area contributed by atoms with Gasteiger partial charge in [0.2, 0.25) is 0 Å². The van der Waals surface area contributed by atoms with E-state index in [0.717, 1.165) is 24.4 Å².